The first-order chi connectivity index (χ1) is 6.87. The van der Waals surface area contributed by atoms with Gasteiger partial charge in [-0.05, 0) is 49.9 Å². The van der Waals surface area contributed by atoms with Gasteiger partial charge in [-0.3, -0.25) is 0 Å². The van der Waals surface area contributed by atoms with Gasteiger partial charge in [0, 0.05) is 0 Å². The molecule has 2 rings (SSSR count). The second kappa shape index (κ2) is 4.51. The Kier molecular flexibility index (Phi) is 3.30. The Hall–Kier alpha value is -0.260. The standard InChI is InChI=1S/C14H24/c1-2-3-4-5-6-8-13-9-7-10-14(13)11-12-14/h5-6,13H,2-4,7-12H2,1H3/b6-5-/t13-/m0/s1. The molecule has 0 saturated heterocycles. The van der Waals surface area contributed by atoms with Crippen molar-refractivity contribution < 1.29 is 0 Å². The SMILES string of the molecule is CCCC/C=C\C[C@H]1CCCC12CC2. The van der Waals surface area contributed by atoms with E-state index in [0.29, 0.717) is 0 Å². The van der Waals surface area contributed by atoms with Crippen molar-refractivity contribution in [2.45, 2.75) is 64.7 Å². The van der Waals surface area contributed by atoms with Gasteiger partial charge in [-0.2, -0.15) is 0 Å². The highest BCUT2D eigenvalue weighted by atomic mass is 14.6. The highest BCUT2D eigenvalue weighted by Crippen LogP contribution is 2.62. The molecule has 0 heteroatoms. The molecular weight excluding hydrogens is 168 g/mol. The molecule has 1 atom stereocenters. The molecule has 0 aromatic rings. The fourth-order valence-electron chi connectivity index (χ4n) is 3.10. The molecular formula is C14H24. The minimum Gasteiger partial charge on any atom is -0.0885 e. The van der Waals surface area contributed by atoms with Crippen LogP contribution in [0.1, 0.15) is 64.7 Å². The summed E-state index contributed by atoms with van der Waals surface area (Å²) in [4.78, 5) is 0. The number of allylic oxidation sites excluding steroid dienone is 2. The van der Waals surface area contributed by atoms with Crippen LogP contribution in [0.25, 0.3) is 0 Å². The molecule has 14 heavy (non-hydrogen) atoms. The van der Waals surface area contributed by atoms with Crippen molar-refractivity contribution in [2.24, 2.45) is 11.3 Å². The summed E-state index contributed by atoms with van der Waals surface area (Å²) in [6.45, 7) is 2.27. The van der Waals surface area contributed by atoms with E-state index in [0.717, 1.165) is 11.3 Å². The van der Waals surface area contributed by atoms with Gasteiger partial charge in [0.05, 0.1) is 0 Å². The highest BCUT2D eigenvalue weighted by molar-refractivity contribution is 5.04. The summed E-state index contributed by atoms with van der Waals surface area (Å²) >= 11 is 0. The smallest absolute Gasteiger partial charge is 0.0266 e. The molecule has 0 amide bonds. The number of unbranched alkanes of at least 4 members (excludes halogenated alkanes) is 2. The Morgan fingerprint density at radius 1 is 1.21 bits per heavy atom. The molecule has 0 radical (unpaired) electrons. The lowest BCUT2D eigenvalue weighted by atomic mass is 9.90. The van der Waals surface area contributed by atoms with Crippen molar-refractivity contribution in [2.75, 3.05) is 0 Å². The number of hydrogen-bond donors (Lipinski definition) is 0. The van der Waals surface area contributed by atoms with Gasteiger partial charge in [-0.25, -0.2) is 0 Å². The van der Waals surface area contributed by atoms with Crippen LogP contribution in [-0.2, 0) is 0 Å². The van der Waals surface area contributed by atoms with Crippen LogP contribution < -0.4 is 0 Å². The van der Waals surface area contributed by atoms with Crippen molar-refractivity contribution in [1.29, 1.82) is 0 Å². The first-order valence-corrected chi connectivity index (χ1v) is 6.52. The lowest BCUT2D eigenvalue weighted by Gasteiger charge is -2.15. The predicted octanol–water partition coefficient (Wildman–Crippen LogP) is 4.70. The zero-order valence-electron chi connectivity index (χ0n) is 9.60. The van der Waals surface area contributed by atoms with Gasteiger partial charge in [0.25, 0.3) is 0 Å². The largest absolute Gasteiger partial charge is 0.0885 e. The van der Waals surface area contributed by atoms with Gasteiger partial charge in [0.1, 0.15) is 0 Å². The van der Waals surface area contributed by atoms with Crippen LogP contribution in [0.15, 0.2) is 12.2 Å². The maximum absolute atomic E-state index is 2.46. The highest BCUT2D eigenvalue weighted by Gasteiger charge is 2.50. The van der Waals surface area contributed by atoms with Crippen LogP contribution >= 0.6 is 0 Å². The monoisotopic (exact) mass is 192 g/mol. The van der Waals surface area contributed by atoms with Gasteiger partial charge < -0.3 is 0 Å². The molecule has 0 aliphatic heterocycles. The molecule has 0 heterocycles. The molecule has 0 nitrogen and oxygen atoms in total. The van der Waals surface area contributed by atoms with Crippen LogP contribution in [-0.4, -0.2) is 0 Å². The summed E-state index contributed by atoms with van der Waals surface area (Å²) in [6.07, 6.45) is 17.9. The average Bonchev–Trinajstić information content (AvgIpc) is 2.84. The Morgan fingerprint density at radius 3 is 2.79 bits per heavy atom. The lowest BCUT2D eigenvalue weighted by Crippen LogP contribution is -2.06. The topological polar surface area (TPSA) is 0 Å². The minimum absolute atomic E-state index is 0.856. The van der Waals surface area contributed by atoms with Gasteiger partial charge in [0.2, 0.25) is 0 Å². The fourth-order valence-corrected chi connectivity index (χ4v) is 3.10. The Labute approximate surface area is 88.8 Å². The van der Waals surface area contributed by atoms with E-state index in [1.165, 1.54) is 38.5 Å². The first-order valence-electron chi connectivity index (χ1n) is 6.52. The van der Waals surface area contributed by atoms with Crippen LogP contribution in [0, 0.1) is 11.3 Å². The number of rotatable bonds is 5. The zero-order valence-corrected chi connectivity index (χ0v) is 9.60. The van der Waals surface area contributed by atoms with Gasteiger partial charge in [-0.1, -0.05) is 38.3 Å². The van der Waals surface area contributed by atoms with Gasteiger partial charge in [-0.15, -0.1) is 0 Å². The first kappa shape index (κ1) is 10.3. The molecule has 2 aliphatic carbocycles. The summed E-state index contributed by atoms with van der Waals surface area (Å²) in [5, 5.41) is 0. The van der Waals surface area contributed by atoms with Gasteiger partial charge >= 0.3 is 0 Å². The van der Waals surface area contributed by atoms with Crippen LogP contribution in [0.3, 0.4) is 0 Å². The van der Waals surface area contributed by atoms with Gasteiger partial charge in [0.15, 0.2) is 0 Å². The average molecular weight is 192 g/mol. The van der Waals surface area contributed by atoms with E-state index in [9.17, 15) is 0 Å². The summed E-state index contributed by atoms with van der Waals surface area (Å²) in [5.74, 6) is 1.06. The van der Waals surface area contributed by atoms with Crippen molar-refractivity contribution >= 4 is 0 Å². The summed E-state index contributed by atoms with van der Waals surface area (Å²) in [7, 11) is 0. The summed E-state index contributed by atoms with van der Waals surface area (Å²) in [6, 6.07) is 0. The molecule has 0 aromatic heterocycles. The summed E-state index contributed by atoms with van der Waals surface area (Å²) < 4.78 is 0. The van der Waals surface area contributed by atoms with E-state index in [2.05, 4.69) is 19.1 Å². The molecule has 2 fully saturated rings. The second-order valence-corrected chi connectivity index (χ2v) is 5.30. The van der Waals surface area contributed by atoms with E-state index < -0.39 is 0 Å². The van der Waals surface area contributed by atoms with E-state index in [1.807, 2.05) is 0 Å². The lowest BCUT2D eigenvalue weighted by molar-refractivity contribution is 0.368. The molecule has 0 bridgehead atoms. The maximum atomic E-state index is 2.46. The quantitative estimate of drug-likeness (QED) is 0.437. The Morgan fingerprint density at radius 2 is 2.07 bits per heavy atom. The van der Waals surface area contributed by atoms with E-state index in [4.69, 9.17) is 0 Å². The van der Waals surface area contributed by atoms with Crippen molar-refractivity contribution in [3.8, 4) is 0 Å². The third-order valence-electron chi connectivity index (χ3n) is 4.30. The van der Waals surface area contributed by atoms with Crippen molar-refractivity contribution in [3.63, 3.8) is 0 Å². The van der Waals surface area contributed by atoms with Crippen LogP contribution in [0.2, 0.25) is 0 Å². The predicted molar refractivity (Wildman–Crippen MR) is 62.3 cm³/mol. The fraction of sp³-hybridized carbons (Fsp3) is 0.857. The third-order valence-corrected chi connectivity index (χ3v) is 4.30. The van der Waals surface area contributed by atoms with Crippen molar-refractivity contribution in [1.82, 2.24) is 0 Å². The van der Waals surface area contributed by atoms with E-state index in [1.54, 1.807) is 19.3 Å². The van der Waals surface area contributed by atoms with Crippen molar-refractivity contribution in [3.05, 3.63) is 12.2 Å². The second-order valence-electron chi connectivity index (χ2n) is 5.30. The number of hydrogen-bond acceptors (Lipinski definition) is 0. The Balaban J connectivity index is 1.67. The van der Waals surface area contributed by atoms with E-state index >= 15 is 0 Å². The summed E-state index contributed by atoms with van der Waals surface area (Å²) in [5.41, 5.74) is 0.856. The molecule has 2 saturated carbocycles. The molecule has 80 valence electrons. The van der Waals surface area contributed by atoms with E-state index in [-0.39, 0.29) is 0 Å². The maximum Gasteiger partial charge on any atom is -0.0266 e. The normalized spacial score (nSPS) is 29.1. The molecule has 2 aliphatic rings. The molecule has 0 unspecified atom stereocenters. The minimum atomic E-state index is 0.856. The molecule has 0 N–H and O–H groups in total. The Bertz CT molecular complexity index is 198. The molecule has 1 spiro atoms. The van der Waals surface area contributed by atoms with Crippen LogP contribution in [0.4, 0.5) is 0 Å². The zero-order chi connectivity index (χ0) is 9.86. The van der Waals surface area contributed by atoms with Crippen LogP contribution in [0.5, 0.6) is 0 Å². The third kappa shape index (κ3) is 2.21. The molecule has 0 aromatic carbocycles.